The van der Waals surface area contributed by atoms with E-state index < -0.39 is 5.97 Å². The van der Waals surface area contributed by atoms with Crippen LogP contribution in [0.25, 0.3) is 10.4 Å². The maximum atomic E-state index is 11.5. The average molecular weight is 215 g/mol. The van der Waals surface area contributed by atoms with Gasteiger partial charge < -0.3 is 4.74 Å². The molecule has 0 radical (unpaired) electrons. The minimum Gasteiger partial charge on any atom is -0.471 e. The van der Waals surface area contributed by atoms with Crippen molar-refractivity contribution in [1.82, 2.24) is 0 Å². The Labute approximate surface area is 95.2 Å². The molecule has 0 atom stereocenters. The summed E-state index contributed by atoms with van der Waals surface area (Å²) in [5.41, 5.74) is 1.56. The van der Waals surface area contributed by atoms with Gasteiger partial charge >= 0.3 is 5.97 Å². The molecule has 82 valence electrons. The van der Waals surface area contributed by atoms with Crippen LogP contribution in [0.1, 0.15) is 19.4 Å². The van der Waals surface area contributed by atoms with Gasteiger partial charge in [0.15, 0.2) is 0 Å². The molecule has 1 rings (SSSR count). The predicted octanol–water partition coefficient (Wildman–Crippen LogP) is 2.90. The first kappa shape index (κ1) is 12.0. The van der Waals surface area contributed by atoms with Gasteiger partial charge in [-0.15, -0.1) is 0 Å². The molecule has 0 unspecified atom stereocenters. The summed E-state index contributed by atoms with van der Waals surface area (Å²) in [4.78, 5) is 14.7. The minimum atomic E-state index is -0.557. The Morgan fingerprint density at radius 1 is 1.38 bits per heavy atom. The molecule has 0 saturated carbocycles. The monoisotopic (exact) mass is 215 g/mol. The summed E-state index contributed by atoms with van der Waals surface area (Å²) in [6, 6.07) is 9.34. The second kappa shape index (κ2) is 5.72. The predicted molar refractivity (Wildman–Crippen MR) is 62.3 cm³/mol. The fourth-order valence-corrected chi connectivity index (χ4v) is 1.31. The molecule has 0 saturated heterocycles. The molecule has 0 fully saturated rings. The lowest BCUT2D eigenvalue weighted by atomic mass is 10.1. The largest absolute Gasteiger partial charge is 0.471 e. The van der Waals surface area contributed by atoms with E-state index in [1.165, 1.54) is 0 Å². The molecule has 0 aromatic heterocycles. The highest BCUT2D eigenvalue weighted by Crippen LogP contribution is 2.19. The fraction of sp³-hybridized carbons (Fsp3) is 0.231. The van der Waals surface area contributed by atoms with Crippen LogP contribution in [0, 0.1) is 6.57 Å². The lowest BCUT2D eigenvalue weighted by Gasteiger charge is -2.05. The van der Waals surface area contributed by atoms with Crippen molar-refractivity contribution in [3.8, 4) is 0 Å². The second-order valence-corrected chi connectivity index (χ2v) is 3.17. The number of nitrogens with zero attached hydrogens (tertiary/aromatic N) is 1. The first-order valence-corrected chi connectivity index (χ1v) is 5.01. The summed E-state index contributed by atoms with van der Waals surface area (Å²) in [6.07, 6.45) is 0. The molecule has 3 nitrogen and oxygen atoms in total. The fourth-order valence-electron chi connectivity index (χ4n) is 1.31. The van der Waals surface area contributed by atoms with Gasteiger partial charge in [-0.25, -0.2) is 4.85 Å². The van der Waals surface area contributed by atoms with Gasteiger partial charge in [0.05, 0.1) is 13.2 Å². The Morgan fingerprint density at radius 3 is 2.50 bits per heavy atom. The summed E-state index contributed by atoms with van der Waals surface area (Å²) in [5, 5.41) is 0. The highest BCUT2D eigenvalue weighted by Gasteiger charge is 2.15. The van der Waals surface area contributed by atoms with E-state index in [9.17, 15) is 4.79 Å². The number of benzene rings is 1. The number of rotatable bonds is 3. The van der Waals surface area contributed by atoms with Gasteiger partial charge in [-0.3, -0.25) is 4.79 Å². The molecule has 0 aliphatic carbocycles. The highest BCUT2D eigenvalue weighted by atomic mass is 16.5. The highest BCUT2D eigenvalue weighted by molar-refractivity contribution is 5.99. The van der Waals surface area contributed by atoms with Gasteiger partial charge in [0.1, 0.15) is 0 Å². The molecular formula is C13H13NO2. The van der Waals surface area contributed by atoms with Crippen LogP contribution in [0.5, 0.6) is 0 Å². The molecule has 16 heavy (non-hydrogen) atoms. The number of ether oxygens (including phenoxy) is 1. The van der Waals surface area contributed by atoms with E-state index in [0.29, 0.717) is 5.57 Å². The van der Waals surface area contributed by atoms with Gasteiger partial charge in [0.25, 0.3) is 5.70 Å². The van der Waals surface area contributed by atoms with Crippen LogP contribution >= 0.6 is 0 Å². The van der Waals surface area contributed by atoms with Crippen LogP contribution in [0.2, 0.25) is 0 Å². The Bertz CT molecular complexity index is 441. The van der Waals surface area contributed by atoms with Crippen molar-refractivity contribution in [3.05, 3.63) is 53.0 Å². The van der Waals surface area contributed by atoms with E-state index in [2.05, 4.69) is 4.85 Å². The zero-order valence-electron chi connectivity index (χ0n) is 9.36. The van der Waals surface area contributed by atoms with Gasteiger partial charge in [0.2, 0.25) is 0 Å². The van der Waals surface area contributed by atoms with E-state index in [1.54, 1.807) is 13.8 Å². The lowest BCUT2D eigenvalue weighted by Crippen LogP contribution is -2.06. The molecule has 3 heteroatoms. The number of hydrogen-bond acceptors (Lipinski definition) is 2. The van der Waals surface area contributed by atoms with Gasteiger partial charge in [-0.05, 0) is 25.0 Å². The number of hydrogen-bond donors (Lipinski definition) is 0. The summed E-state index contributed by atoms with van der Waals surface area (Å²) in [7, 11) is 0. The van der Waals surface area contributed by atoms with Crippen LogP contribution in [-0.2, 0) is 9.53 Å². The molecule has 1 aromatic rings. The quantitative estimate of drug-likeness (QED) is 0.441. The summed E-state index contributed by atoms with van der Waals surface area (Å²) < 4.78 is 4.83. The minimum absolute atomic E-state index is 0.0491. The van der Waals surface area contributed by atoms with Crippen LogP contribution < -0.4 is 0 Å². The Balaban J connectivity index is 3.11. The van der Waals surface area contributed by atoms with E-state index in [-0.39, 0.29) is 12.3 Å². The first-order valence-electron chi connectivity index (χ1n) is 5.01. The average Bonchev–Trinajstić information content (AvgIpc) is 2.31. The van der Waals surface area contributed by atoms with Gasteiger partial charge in [-0.1, -0.05) is 30.3 Å². The van der Waals surface area contributed by atoms with Crippen molar-refractivity contribution in [2.45, 2.75) is 13.8 Å². The Kier molecular flexibility index (Phi) is 4.28. The van der Waals surface area contributed by atoms with Crippen molar-refractivity contribution in [2.75, 3.05) is 6.61 Å². The normalized spacial score (nSPS) is 11.3. The number of carbonyl (C=O) groups is 1. The third-order valence-corrected chi connectivity index (χ3v) is 2.14. The molecule has 0 N–H and O–H groups in total. The van der Waals surface area contributed by atoms with Crippen LogP contribution in [-0.4, -0.2) is 12.6 Å². The lowest BCUT2D eigenvalue weighted by molar-refractivity contribution is -0.138. The van der Waals surface area contributed by atoms with Crippen molar-refractivity contribution in [1.29, 1.82) is 0 Å². The van der Waals surface area contributed by atoms with Crippen LogP contribution in [0.15, 0.2) is 36.0 Å². The molecule has 0 heterocycles. The Hall–Kier alpha value is -2.08. The number of carbonyl (C=O) groups excluding carboxylic acids is 1. The van der Waals surface area contributed by atoms with Crippen molar-refractivity contribution in [2.24, 2.45) is 0 Å². The molecule has 0 amide bonds. The van der Waals surface area contributed by atoms with E-state index in [0.717, 1.165) is 5.56 Å². The van der Waals surface area contributed by atoms with E-state index >= 15 is 0 Å². The van der Waals surface area contributed by atoms with Gasteiger partial charge in [-0.2, -0.15) is 0 Å². The third kappa shape index (κ3) is 2.71. The van der Waals surface area contributed by atoms with Gasteiger partial charge in [0, 0.05) is 0 Å². The standard InChI is InChI=1S/C13H13NO2/c1-4-16-13(15)12(14-3)10(2)11-8-6-5-7-9-11/h5-9H,4H2,1-2H3. The molecule has 0 aliphatic heterocycles. The first-order chi connectivity index (χ1) is 7.70. The zero-order chi connectivity index (χ0) is 12.0. The van der Waals surface area contributed by atoms with Crippen LogP contribution in [0.3, 0.4) is 0 Å². The summed E-state index contributed by atoms with van der Waals surface area (Å²) >= 11 is 0. The Morgan fingerprint density at radius 2 is 2.00 bits per heavy atom. The van der Waals surface area contributed by atoms with Crippen molar-refractivity contribution < 1.29 is 9.53 Å². The zero-order valence-corrected chi connectivity index (χ0v) is 9.36. The molecule has 1 aromatic carbocycles. The SMILES string of the molecule is [C-]#[N+]C(C(=O)OCC)=C(C)c1ccccc1. The topological polar surface area (TPSA) is 30.7 Å². The second-order valence-electron chi connectivity index (χ2n) is 3.17. The van der Waals surface area contributed by atoms with Crippen molar-refractivity contribution in [3.63, 3.8) is 0 Å². The molecule has 0 aliphatic rings. The maximum absolute atomic E-state index is 11.5. The van der Waals surface area contributed by atoms with Crippen molar-refractivity contribution >= 4 is 11.5 Å². The summed E-state index contributed by atoms with van der Waals surface area (Å²) in [6.45, 7) is 10.8. The third-order valence-electron chi connectivity index (χ3n) is 2.14. The smallest absolute Gasteiger partial charge is 0.336 e. The molecule has 0 spiro atoms. The number of esters is 1. The van der Waals surface area contributed by atoms with E-state index in [4.69, 9.17) is 11.3 Å². The molecular weight excluding hydrogens is 202 g/mol. The van der Waals surface area contributed by atoms with Crippen LogP contribution in [0.4, 0.5) is 0 Å². The maximum Gasteiger partial charge on any atom is 0.336 e. The summed E-state index contributed by atoms with van der Waals surface area (Å²) in [5.74, 6) is -0.557. The molecule has 0 bridgehead atoms. The number of allylic oxidation sites excluding steroid dienone is 1. The van der Waals surface area contributed by atoms with E-state index in [1.807, 2.05) is 30.3 Å².